The number of nitrogens with one attached hydrogen (secondary N) is 1. The van der Waals surface area contributed by atoms with Crippen molar-refractivity contribution in [3.8, 4) is 0 Å². The Morgan fingerprint density at radius 1 is 1.61 bits per heavy atom. The van der Waals surface area contributed by atoms with Gasteiger partial charge in [-0.2, -0.15) is 0 Å². The lowest BCUT2D eigenvalue weighted by atomic mass is 10.4. The summed E-state index contributed by atoms with van der Waals surface area (Å²) < 4.78 is 8.13. The summed E-state index contributed by atoms with van der Waals surface area (Å²) in [6.45, 7) is 8.07. The molecule has 18 heavy (non-hydrogen) atoms. The minimum Gasteiger partial charge on any atom is -0.379 e. The van der Waals surface area contributed by atoms with Gasteiger partial charge in [0.2, 0.25) is 0 Å². The van der Waals surface area contributed by atoms with E-state index in [-0.39, 0.29) is 5.91 Å². The molecule has 1 N–H and O–H groups in total. The van der Waals surface area contributed by atoms with Gasteiger partial charge in [-0.15, -0.1) is 6.58 Å². The van der Waals surface area contributed by atoms with E-state index in [2.05, 4.69) is 27.8 Å². The molecule has 0 atom stereocenters. The number of halogens is 1. The van der Waals surface area contributed by atoms with E-state index in [1.165, 1.54) is 0 Å². The lowest BCUT2D eigenvalue weighted by Crippen LogP contribution is -2.29. The van der Waals surface area contributed by atoms with Crippen LogP contribution in [0.15, 0.2) is 29.4 Å². The van der Waals surface area contributed by atoms with Crippen LogP contribution in [0.5, 0.6) is 0 Å². The molecule has 0 unspecified atom stereocenters. The van der Waals surface area contributed by atoms with E-state index >= 15 is 0 Å². The Morgan fingerprint density at radius 3 is 3.06 bits per heavy atom. The molecule has 0 radical (unpaired) electrons. The Balaban J connectivity index is 2.33. The molecule has 0 aromatic carbocycles. The minimum absolute atomic E-state index is 0.0742. The Kier molecular flexibility index (Phi) is 6.75. The molecule has 1 heterocycles. The van der Waals surface area contributed by atoms with Crippen LogP contribution in [0.3, 0.4) is 0 Å². The van der Waals surface area contributed by atoms with Crippen molar-refractivity contribution in [3.05, 3.63) is 35.1 Å². The second-order valence-electron chi connectivity index (χ2n) is 3.78. The summed E-state index contributed by atoms with van der Waals surface area (Å²) in [6, 6.07) is 1.82. The van der Waals surface area contributed by atoms with Crippen LogP contribution in [0, 0.1) is 0 Å². The molecule has 0 fully saturated rings. The maximum atomic E-state index is 11.9. The van der Waals surface area contributed by atoms with Crippen LogP contribution >= 0.6 is 15.9 Å². The zero-order valence-electron chi connectivity index (χ0n) is 10.6. The monoisotopic (exact) mass is 314 g/mol. The van der Waals surface area contributed by atoms with Gasteiger partial charge in [-0.05, 0) is 35.3 Å². The molecule has 5 heteroatoms. The van der Waals surface area contributed by atoms with Crippen LogP contribution in [-0.2, 0) is 11.3 Å². The molecular formula is C13H19BrN2O2. The first-order valence-corrected chi connectivity index (χ1v) is 6.80. The Morgan fingerprint density at radius 2 is 2.39 bits per heavy atom. The van der Waals surface area contributed by atoms with E-state index in [0.29, 0.717) is 25.5 Å². The average Bonchev–Trinajstić information content (AvgIpc) is 2.74. The Hall–Kier alpha value is -1.07. The van der Waals surface area contributed by atoms with Gasteiger partial charge in [-0.1, -0.05) is 6.08 Å². The zero-order valence-corrected chi connectivity index (χ0v) is 12.2. The van der Waals surface area contributed by atoms with E-state index in [4.69, 9.17) is 4.74 Å². The van der Waals surface area contributed by atoms with Crippen molar-refractivity contribution in [1.29, 1.82) is 0 Å². The predicted molar refractivity (Wildman–Crippen MR) is 75.8 cm³/mol. The SMILES string of the molecule is C=CCCOCCNC(=O)c1cc(Br)cn1CC. The molecule has 4 nitrogen and oxygen atoms in total. The second-order valence-corrected chi connectivity index (χ2v) is 4.69. The van der Waals surface area contributed by atoms with Crippen LogP contribution < -0.4 is 5.32 Å². The molecule has 0 saturated carbocycles. The largest absolute Gasteiger partial charge is 0.379 e. The molecule has 0 aliphatic heterocycles. The number of rotatable bonds is 8. The molecule has 0 aliphatic rings. The molecule has 1 amide bonds. The highest BCUT2D eigenvalue weighted by molar-refractivity contribution is 9.10. The quantitative estimate of drug-likeness (QED) is 0.592. The number of amides is 1. The van der Waals surface area contributed by atoms with E-state index < -0.39 is 0 Å². The number of hydrogen-bond donors (Lipinski definition) is 1. The van der Waals surface area contributed by atoms with Crippen molar-refractivity contribution < 1.29 is 9.53 Å². The summed E-state index contributed by atoms with van der Waals surface area (Å²) in [5.41, 5.74) is 0.662. The number of aryl methyl sites for hydroxylation is 1. The molecule has 1 aromatic rings. The number of carbonyl (C=O) groups excluding carboxylic acids is 1. The molecule has 0 spiro atoms. The Labute approximate surface area is 116 Å². The third kappa shape index (κ3) is 4.66. The second kappa shape index (κ2) is 8.11. The van der Waals surface area contributed by atoms with Gasteiger partial charge in [0.15, 0.2) is 0 Å². The van der Waals surface area contributed by atoms with Crippen LogP contribution in [0.2, 0.25) is 0 Å². The van der Waals surface area contributed by atoms with Crippen molar-refractivity contribution in [1.82, 2.24) is 9.88 Å². The zero-order chi connectivity index (χ0) is 13.4. The molecule has 1 rings (SSSR count). The first kappa shape index (κ1) is 15.0. The highest BCUT2D eigenvalue weighted by Crippen LogP contribution is 2.14. The average molecular weight is 315 g/mol. The van der Waals surface area contributed by atoms with Crippen molar-refractivity contribution in [2.24, 2.45) is 0 Å². The third-order valence-corrected chi connectivity index (χ3v) is 2.87. The van der Waals surface area contributed by atoms with Gasteiger partial charge < -0.3 is 14.6 Å². The first-order valence-electron chi connectivity index (χ1n) is 6.01. The van der Waals surface area contributed by atoms with Crippen molar-refractivity contribution in [2.75, 3.05) is 19.8 Å². The maximum Gasteiger partial charge on any atom is 0.268 e. The number of ether oxygens (including phenoxy) is 1. The highest BCUT2D eigenvalue weighted by atomic mass is 79.9. The fourth-order valence-electron chi connectivity index (χ4n) is 1.52. The molecule has 0 aliphatic carbocycles. The van der Waals surface area contributed by atoms with E-state index in [1.807, 2.05) is 29.8 Å². The molecule has 0 bridgehead atoms. The maximum absolute atomic E-state index is 11.9. The fraction of sp³-hybridized carbons (Fsp3) is 0.462. The molecule has 0 saturated heterocycles. The predicted octanol–water partition coefficient (Wildman–Crippen LogP) is 2.59. The van der Waals surface area contributed by atoms with Gasteiger partial charge >= 0.3 is 0 Å². The lowest BCUT2D eigenvalue weighted by Gasteiger charge is -2.07. The summed E-state index contributed by atoms with van der Waals surface area (Å²) in [7, 11) is 0. The van der Waals surface area contributed by atoms with Crippen molar-refractivity contribution in [3.63, 3.8) is 0 Å². The van der Waals surface area contributed by atoms with E-state index in [1.54, 1.807) is 0 Å². The van der Waals surface area contributed by atoms with Gasteiger partial charge in [0.05, 0.1) is 13.2 Å². The van der Waals surface area contributed by atoms with Crippen LogP contribution in [-0.4, -0.2) is 30.2 Å². The summed E-state index contributed by atoms with van der Waals surface area (Å²) in [5.74, 6) is -0.0742. The topological polar surface area (TPSA) is 43.3 Å². The summed E-state index contributed by atoms with van der Waals surface area (Å²) in [6.07, 6.45) is 4.54. The van der Waals surface area contributed by atoms with Crippen molar-refractivity contribution in [2.45, 2.75) is 19.9 Å². The summed E-state index contributed by atoms with van der Waals surface area (Å²) in [5, 5.41) is 2.83. The van der Waals surface area contributed by atoms with Gasteiger partial charge in [0.1, 0.15) is 5.69 Å². The van der Waals surface area contributed by atoms with Gasteiger partial charge in [0.25, 0.3) is 5.91 Å². The van der Waals surface area contributed by atoms with Gasteiger partial charge in [-0.25, -0.2) is 0 Å². The van der Waals surface area contributed by atoms with E-state index in [0.717, 1.165) is 17.4 Å². The molecular weight excluding hydrogens is 296 g/mol. The number of nitrogens with zero attached hydrogens (tertiary/aromatic N) is 1. The van der Waals surface area contributed by atoms with Crippen LogP contribution in [0.1, 0.15) is 23.8 Å². The van der Waals surface area contributed by atoms with Crippen LogP contribution in [0.25, 0.3) is 0 Å². The molecule has 100 valence electrons. The number of hydrogen-bond acceptors (Lipinski definition) is 2. The van der Waals surface area contributed by atoms with Crippen molar-refractivity contribution >= 4 is 21.8 Å². The first-order chi connectivity index (χ1) is 8.69. The fourth-order valence-corrected chi connectivity index (χ4v) is 1.99. The van der Waals surface area contributed by atoms with Crippen LogP contribution in [0.4, 0.5) is 0 Å². The number of aromatic nitrogens is 1. The minimum atomic E-state index is -0.0742. The Bertz CT molecular complexity index is 402. The van der Waals surface area contributed by atoms with Gasteiger partial charge in [-0.3, -0.25) is 4.79 Å². The molecule has 1 aromatic heterocycles. The summed E-state index contributed by atoms with van der Waals surface area (Å²) >= 11 is 3.37. The van der Waals surface area contributed by atoms with E-state index in [9.17, 15) is 4.79 Å². The summed E-state index contributed by atoms with van der Waals surface area (Å²) in [4.78, 5) is 11.9. The smallest absolute Gasteiger partial charge is 0.268 e. The van der Waals surface area contributed by atoms with Gasteiger partial charge in [0, 0.05) is 23.8 Å². The normalized spacial score (nSPS) is 10.3. The third-order valence-electron chi connectivity index (χ3n) is 2.43. The lowest BCUT2D eigenvalue weighted by molar-refractivity contribution is 0.0909. The highest BCUT2D eigenvalue weighted by Gasteiger charge is 2.11. The standard InChI is InChI=1S/C13H19BrN2O2/c1-3-5-7-18-8-6-15-13(17)12-9-11(14)10-16(12)4-2/h3,9-10H,1,4-8H2,2H3,(H,15,17). The number of carbonyl (C=O) groups is 1.